The number of nitrogens with zero attached hydrogens (tertiary/aromatic N) is 5. The molecule has 0 aliphatic rings. The van der Waals surface area contributed by atoms with Gasteiger partial charge in [-0.25, -0.2) is 4.98 Å². The zero-order valence-corrected chi connectivity index (χ0v) is 18.9. The van der Waals surface area contributed by atoms with Crippen molar-refractivity contribution < 1.29 is 9.32 Å². The Morgan fingerprint density at radius 2 is 1.88 bits per heavy atom. The summed E-state index contributed by atoms with van der Waals surface area (Å²) in [7, 11) is 0. The molecule has 3 aromatic heterocycles. The number of benzene rings is 2. The summed E-state index contributed by atoms with van der Waals surface area (Å²) >= 11 is 0. The molecule has 1 N–H and O–H groups in total. The number of rotatable bonds is 7. The predicted octanol–water partition coefficient (Wildman–Crippen LogP) is 3.36. The zero-order valence-electron chi connectivity index (χ0n) is 18.9. The molecule has 9 heteroatoms. The van der Waals surface area contributed by atoms with Crippen molar-refractivity contribution in [2.75, 3.05) is 0 Å². The van der Waals surface area contributed by atoms with Crippen molar-refractivity contribution in [2.45, 2.75) is 39.4 Å². The highest BCUT2D eigenvalue weighted by atomic mass is 16.5. The van der Waals surface area contributed by atoms with Gasteiger partial charge in [-0.1, -0.05) is 60.6 Å². The van der Waals surface area contributed by atoms with Crippen LogP contribution in [0.15, 0.2) is 70.2 Å². The fraction of sp³-hybridized carbons (Fsp3) is 0.240. The highest BCUT2D eigenvalue weighted by Crippen LogP contribution is 2.25. The number of hydrogen-bond acceptors (Lipinski definition) is 6. The summed E-state index contributed by atoms with van der Waals surface area (Å²) < 4.78 is 8.54. The van der Waals surface area contributed by atoms with Gasteiger partial charge in [-0.15, -0.1) is 0 Å². The lowest BCUT2D eigenvalue weighted by molar-refractivity contribution is -0.122. The Labute approximate surface area is 195 Å². The molecule has 0 saturated heterocycles. The first kappa shape index (κ1) is 21.6. The van der Waals surface area contributed by atoms with E-state index < -0.39 is 0 Å². The molecule has 0 fully saturated rings. The minimum Gasteiger partial charge on any atom is -0.352 e. The summed E-state index contributed by atoms with van der Waals surface area (Å²) in [6, 6.07) is 17.1. The van der Waals surface area contributed by atoms with E-state index in [-0.39, 0.29) is 30.6 Å². The second-order valence-electron chi connectivity index (χ2n) is 8.23. The number of amides is 1. The van der Waals surface area contributed by atoms with Crippen LogP contribution in [-0.2, 0) is 17.9 Å². The molecule has 3 heterocycles. The van der Waals surface area contributed by atoms with Crippen molar-refractivity contribution in [1.82, 2.24) is 29.6 Å². The van der Waals surface area contributed by atoms with Crippen LogP contribution in [0.5, 0.6) is 0 Å². The Morgan fingerprint density at radius 1 is 1.12 bits per heavy atom. The van der Waals surface area contributed by atoms with Crippen LogP contribution < -0.4 is 10.9 Å². The highest BCUT2D eigenvalue weighted by Gasteiger charge is 2.19. The van der Waals surface area contributed by atoms with Gasteiger partial charge in [0.2, 0.25) is 17.6 Å². The standard InChI is InChI=1S/C25H24N6O3/c1-3-16(2)27-20(32)13-31-19-12-8-7-11-18(19)22-23(31)25(33)30(15-26-22)14-21-28-24(29-34-21)17-9-5-4-6-10-17/h4-12,15-16H,3,13-14H2,1-2H3,(H,27,32). The molecule has 0 aliphatic carbocycles. The summed E-state index contributed by atoms with van der Waals surface area (Å²) in [5.74, 6) is 0.587. The van der Waals surface area contributed by atoms with E-state index >= 15 is 0 Å². The molecule has 1 unspecified atom stereocenters. The maximum Gasteiger partial charge on any atom is 0.278 e. The molecule has 1 atom stereocenters. The molecule has 2 aromatic carbocycles. The molecule has 0 radical (unpaired) electrons. The van der Waals surface area contributed by atoms with Crippen molar-refractivity contribution in [3.8, 4) is 11.4 Å². The van der Waals surface area contributed by atoms with Gasteiger partial charge in [-0.05, 0) is 19.4 Å². The van der Waals surface area contributed by atoms with E-state index in [9.17, 15) is 9.59 Å². The number of para-hydroxylation sites is 1. The Hall–Kier alpha value is -4.27. The number of aromatic nitrogens is 5. The summed E-state index contributed by atoms with van der Waals surface area (Å²) in [5.41, 5.74) is 2.25. The van der Waals surface area contributed by atoms with Crippen LogP contribution in [0, 0.1) is 0 Å². The van der Waals surface area contributed by atoms with Crippen molar-refractivity contribution in [2.24, 2.45) is 0 Å². The average molecular weight is 457 g/mol. The van der Waals surface area contributed by atoms with E-state index in [0.717, 1.165) is 22.9 Å². The van der Waals surface area contributed by atoms with Crippen LogP contribution in [0.1, 0.15) is 26.2 Å². The first-order valence-corrected chi connectivity index (χ1v) is 11.2. The third kappa shape index (κ3) is 3.96. The molecular formula is C25H24N6O3. The van der Waals surface area contributed by atoms with E-state index in [4.69, 9.17) is 4.52 Å². The van der Waals surface area contributed by atoms with Gasteiger partial charge < -0.3 is 14.4 Å². The van der Waals surface area contributed by atoms with Crippen molar-refractivity contribution in [3.63, 3.8) is 0 Å². The molecule has 1 amide bonds. The number of nitrogens with one attached hydrogen (secondary N) is 1. The number of carbonyl (C=O) groups excluding carboxylic acids is 1. The largest absolute Gasteiger partial charge is 0.352 e. The van der Waals surface area contributed by atoms with Gasteiger partial charge in [0, 0.05) is 17.0 Å². The van der Waals surface area contributed by atoms with Crippen LogP contribution in [0.4, 0.5) is 0 Å². The molecule has 0 spiro atoms. The van der Waals surface area contributed by atoms with Gasteiger partial charge >= 0.3 is 0 Å². The van der Waals surface area contributed by atoms with E-state index in [1.165, 1.54) is 10.9 Å². The summed E-state index contributed by atoms with van der Waals surface area (Å²) in [5, 5.41) is 7.81. The third-order valence-corrected chi connectivity index (χ3v) is 5.86. The van der Waals surface area contributed by atoms with Gasteiger partial charge in [0.15, 0.2) is 0 Å². The second-order valence-corrected chi connectivity index (χ2v) is 8.23. The zero-order chi connectivity index (χ0) is 23.7. The van der Waals surface area contributed by atoms with Gasteiger partial charge in [-0.3, -0.25) is 14.2 Å². The maximum absolute atomic E-state index is 13.5. The average Bonchev–Trinajstić information content (AvgIpc) is 3.45. The SMILES string of the molecule is CCC(C)NC(=O)Cn1c2ccccc2c2ncn(Cc3nc(-c4ccccc4)no3)c(=O)c21. The van der Waals surface area contributed by atoms with Crippen molar-refractivity contribution in [1.29, 1.82) is 0 Å². The van der Waals surface area contributed by atoms with Crippen LogP contribution in [0.25, 0.3) is 33.3 Å². The number of hydrogen-bond donors (Lipinski definition) is 1. The van der Waals surface area contributed by atoms with E-state index in [0.29, 0.717) is 22.7 Å². The summed E-state index contributed by atoms with van der Waals surface area (Å²) in [6.45, 7) is 4.05. The van der Waals surface area contributed by atoms with Crippen LogP contribution >= 0.6 is 0 Å². The molecular weight excluding hydrogens is 432 g/mol. The quantitative estimate of drug-likeness (QED) is 0.402. The Balaban J connectivity index is 1.54. The molecule has 0 aliphatic heterocycles. The number of carbonyl (C=O) groups is 1. The van der Waals surface area contributed by atoms with Gasteiger partial charge in [0.05, 0.1) is 11.8 Å². The lowest BCUT2D eigenvalue weighted by Crippen LogP contribution is -2.35. The molecule has 172 valence electrons. The van der Waals surface area contributed by atoms with E-state index in [1.54, 1.807) is 4.57 Å². The van der Waals surface area contributed by atoms with E-state index in [1.807, 2.05) is 68.4 Å². The van der Waals surface area contributed by atoms with Gasteiger partial charge in [-0.2, -0.15) is 4.98 Å². The monoisotopic (exact) mass is 456 g/mol. The first-order valence-electron chi connectivity index (χ1n) is 11.2. The summed E-state index contributed by atoms with van der Waals surface area (Å²) in [4.78, 5) is 35.2. The molecule has 5 rings (SSSR count). The van der Waals surface area contributed by atoms with Crippen molar-refractivity contribution in [3.05, 3.63) is 77.2 Å². The Morgan fingerprint density at radius 3 is 2.68 bits per heavy atom. The molecule has 34 heavy (non-hydrogen) atoms. The van der Waals surface area contributed by atoms with Crippen LogP contribution in [0.2, 0.25) is 0 Å². The topological polar surface area (TPSA) is 108 Å². The highest BCUT2D eigenvalue weighted by molar-refractivity contribution is 6.06. The predicted molar refractivity (Wildman–Crippen MR) is 128 cm³/mol. The molecule has 5 aromatic rings. The lowest BCUT2D eigenvalue weighted by Gasteiger charge is -2.13. The summed E-state index contributed by atoms with van der Waals surface area (Å²) in [6.07, 6.45) is 2.30. The fourth-order valence-corrected chi connectivity index (χ4v) is 3.96. The first-order chi connectivity index (χ1) is 16.5. The number of fused-ring (bicyclic) bond motifs is 3. The minimum absolute atomic E-state index is 0.0218. The maximum atomic E-state index is 13.5. The lowest BCUT2D eigenvalue weighted by atomic mass is 10.2. The van der Waals surface area contributed by atoms with Crippen LogP contribution in [0.3, 0.4) is 0 Å². The smallest absolute Gasteiger partial charge is 0.278 e. The third-order valence-electron chi connectivity index (χ3n) is 5.86. The minimum atomic E-state index is -0.281. The van der Waals surface area contributed by atoms with Crippen molar-refractivity contribution >= 4 is 27.8 Å². The molecule has 0 saturated carbocycles. The van der Waals surface area contributed by atoms with Crippen LogP contribution in [-0.4, -0.2) is 36.2 Å². The Kier molecular flexibility index (Phi) is 5.67. The normalized spacial score (nSPS) is 12.3. The van der Waals surface area contributed by atoms with Gasteiger partial charge in [0.1, 0.15) is 24.1 Å². The van der Waals surface area contributed by atoms with Gasteiger partial charge in [0.25, 0.3) is 5.56 Å². The molecule has 0 bridgehead atoms. The van der Waals surface area contributed by atoms with E-state index in [2.05, 4.69) is 20.4 Å². The second kappa shape index (κ2) is 8.93. The fourth-order valence-electron chi connectivity index (χ4n) is 3.96. The Bertz CT molecular complexity index is 1530. The molecule has 9 nitrogen and oxygen atoms in total.